The fourth-order valence-electron chi connectivity index (χ4n) is 2.42. The van der Waals surface area contributed by atoms with Crippen molar-refractivity contribution in [1.29, 1.82) is 0 Å². The molecule has 1 unspecified atom stereocenters. The second kappa shape index (κ2) is 8.41. The molecule has 0 aliphatic carbocycles. The maximum absolute atomic E-state index is 10.9. The predicted molar refractivity (Wildman–Crippen MR) is 107 cm³/mol. The van der Waals surface area contributed by atoms with Crippen LogP contribution < -0.4 is 14.9 Å². The lowest BCUT2D eigenvalue weighted by molar-refractivity contribution is -0.384. The molecule has 0 saturated carbocycles. The van der Waals surface area contributed by atoms with Gasteiger partial charge in [-0.15, -0.1) is 0 Å². The molecule has 0 bridgehead atoms. The number of anilines is 5. The minimum absolute atomic E-state index is 0.0134. The van der Waals surface area contributed by atoms with Crippen LogP contribution in [0.2, 0.25) is 0 Å². The van der Waals surface area contributed by atoms with E-state index < -0.39 is 16.2 Å². The zero-order valence-corrected chi connectivity index (χ0v) is 15.5. The van der Waals surface area contributed by atoms with E-state index in [9.17, 15) is 14.3 Å². The Morgan fingerprint density at radius 3 is 2.54 bits per heavy atom. The minimum Gasteiger partial charge on any atom is -0.329 e. The van der Waals surface area contributed by atoms with Crippen molar-refractivity contribution in [2.75, 3.05) is 22.0 Å². The Bertz CT molecular complexity index is 1010. The number of nitrogens with zero attached hydrogens (tertiary/aromatic N) is 4. The second-order valence-electron chi connectivity index (χ2n) is 5.63. The monoisotopic (exact) mass is 400 g/mol. The average molecular weight is 400 g/mol. The van der Waals surface area contributed by atoms with E-state index in [4.69, 9.17) is 4.55 Å². The molecule has 0 amide bonds. The van der Waals surface area contributed by atoms with Crippen molar-refractivity contribution in [1.82, 2.24) is 9.97 Å². The van der Waals surface area contributed by atoms with Gasteiger partial charge in [-0.05, 0) is 36.4 Å². The van der Waals surface area contributed by atoms with Gasteiger partial charge in [0.25, 0.3) is 17.0 Å². The SMILES string of the molecule is CN(c1ccc([N+](=O)[O-])cc1)c1ccnc(Nc2cccc(NS(=O)O)c2)n1. The molecule has 0 aliphatic heterocycles. The standard InChI is InChI=1S/C17H16N6O4S/c1-22(14-5-7-15(8-6-14)23(24)25)16-9-10-18-17(20-16)19-12-3-2-4-13(11-12)21-28(26)27/h2-11,21H,1H3,(H,26,27)(H,18,19,20). The Balaban J connectivity index is 1.78. The average Bonchev–Trinajstić information content (AvgIpc) is 2.67. The van der Waals surface area contributed by atoms with Gasteiger partial charge in [-0.2, -0.15) is 4.98 Å². The van der Waals surface area contributed by atoms with Gasteiger partial charge in [-0.1, -0.05) is 6.07 Å². The summed E-state index contributed by atoms with van der Waals surface area (Å²) in [6.07, 6.45) is 1.58. The first kappa shape index (κ1) is 19.2. The van der Waals surface area contributed by atoms with Crippen LogP contribution in [0.4, 0.5) is 34.5 Å². The highest BCUT2D eigenvalue weighted by Crippen LogP contribution is 2.25. The van der Waals surface area contributed by atoms with Gasteiger partial charge in [0.05, 0.1) is 10.6 Å². The number of hydrogen-bond donors (Lipinski definition) is 3. The third kappa shape index (κ3) is 4.78. The summed E-state index contributed by atoms with van der Waals surface area (Å²) in [7, 11) is 1.79. The molecule has 1 heterocycles. The summed E-state index contributed by atoms with van der Waals surface area (Å²) >= 11 is -2.16. The van der Waals surface area contributed by atoms with E-state index in [1.807, 2.05) is 0 Å². The van der Waals surface area contributed by atoms with Crippen LogP contribution in [0.3, 0.4) is 0 Å². The molecule has 2 aromatic carbocycles. The molecule has 0 spiro atoms. The molecule has 0 saturated heterocycles. The van der Waals surface area contributed by atoms with Gasteiger partial charge in [0.2, 0.25) is 5.95 Å². The van der Waals surface area contributed by atoms with Crippen LogP contribution in [0.25, 0.3) is 0 Å². The van der Waals surface area contributed by atoms with Crippen LogP contribution in [0.15, 0.2) is 60.8 Å². The molecule has 0 aliphatic rings. The molecular weight excluding hydrogens is 384 g/mol. The van der Waals surface area contributed by atoms with E-state index in [2.05, 4.69) is 20.0 Å². The van der Waals surface area contributed by atoms with Crippen LogP contribution in [0.1, 0.15) is 0 Å². The van der Waals surface area contributed by atoms with Gasteiger partial charge in [-0.25, -0.2) is 9.19 Å². The molecule has 3 aromatic rings. The first-order chi connectivity index (χ1) is 13.4. The highest BCUT2D eigenvalue weighted by Gasteiger charge is 2.10. The Labute approximate surface area is 162 Å². The van der Waals surface area contributed by atoms with Gasteiger partial charge < -0.3 is 10.2 Å². The van der Waals surface area contributed by atoms with Gasteiger partial charge >= 0.3 is 0 Å². The Hall–Kier alpha value is -3.57. The molecule has 3 N–H and O–H groups in total. The molecule has 10 nitrogen and oxygen atoms in total. The van der Waals surface area contributed by atoms with E-state index in [0.29, 0.717) is 23.1 Å². The summed E-state index contributed by atoms with van der Waals surface area (Å²) in [5.41, 5.74) is 1.84. The molecule has 144 valence electrons. The van der Waals surface area contributed by atoms with Gasteiger partial charge in [0, 0.05) is 36.8 Å². The number of aromatic nitrogens is 2. The molecule has 1 aromatic heterocycles. The Morgan fingerprint density at radius 1 is 1.14 bits per heavy atom. The molecule has 3 rings (SSSR count). The normalized spacial score (nSPS) is 11.5. The van der Waals surface area contributed by atoms with Crippen LogP contribution in [0.5, 0.6) is 0 Å². The lowest BCUT2D eigenvalue weighted by atomic mass is 10.2. The molecule has 28 heavy (non-hydrogen) atoms. The fraction of sp³-hybridized carbons (Fsp3) is 0.0588. The number of hydrogen-bond acceptors (Lipinski definition) is 7. The van der Waals surface area contributed by atoms with Crippen LogP contribution >= 0.6 is 0 Å². The van der Waals surface area contributed by atoms with Gasteiger partial charge in [-0.3, -0.25) is 19.4 Å². The zero-order valence-electron chi connectivity index (χ0n) is 14.6. The van der Waals surface area contributed by atoms with Crippen molar-refractivity contribution in [2.45, 2.75) is 0 Å². The van der Waals surface area contributed by atoms with Crippen molar-refractivity contribution in [3.63, 3.8) is 0 Å². The number of benzene rings is 2. The van der Waals surface area contributed by atoms with E-state index in [1.54, 1.807) is 60.6 Å². The third-order valence-corrected chi connectivity index (χ3v) is 4.17. The van der Waals surface area contributed by atoms with E-state index in [0.717, 1.165) is 5.69 Å². The lowest BCUT2D eigenvalue weighted by Gasteiger charge is -2.18. The summed E-state index contributed by atoms with van der Waals surface area (Å²) in [5.74, 6) is 0.908. The summed E-state index contributed by atoms with van der Waals surface area (Å²) in [6.45, 7) is 0. The summed E-state index contributed by atoms with van der Waals surface area (Å²) in [5, 5.41) is 13.8. The minimum atomic E-state index is -2.16. The summed E-state index contributed by atoms with van der Waals surface area (Å²) in [4.78, 5) is 20.7. The molecule has 1 atom stereocenters. The first-order valence-electron chi connectivity index (χ1n) is 7.98. The Morgan fingerprint density at radius 2 is 1.86 bits per heavy atom. The van der Waals surface area contributed by atoms with E-state index in [1.165, 1.54) is 12.1 Å². The van der Waals surface area contributed by atoms with Crippen molar-refractivity contribution in [3.05, 3.63) is 70.9 Å². The maximum atomic E-state index is 10.9. The number of rotatable bonds is 7. The van der Waals surface area contributed by atoms with Crippen molar-refractivity contribution in [2.24, 2.45) is 0 Å². The highest BCUT2D eigenvalue weighted by molar-refractivity contribution is 7.80. The number of nitro groups is 1. The molecule has 0 fully saturated rings. The van der Waals surface area contributed by atoms with Crippen molar-refractivity contribution < 1.29 is 13.7 Å². The maximum Gasteiger partial charge on any atom is 0.269 e. The van der Waals surface area contributed by atoms with Crippen molar-refractivity contribution in [3.8, 4) is 0 Å². The van der Waals surface area contributed by atoms with Crippen LogP contribution in [0, 0.1) is 10.1 Å². The third-order valence-electron chi connectivity index (χ3n) is 3.76. The Kier molecular flexibility index (Phi) is 5.77. The number of non-ortho nitro benzene ring substituents is 1. The summed E-state index contributed by atoms with van der Waals surface area (Å²) < 4.78 is 22.2. The smallest absolute Gasteiger partial charge is 0.269 e. The lowest BCUT2D eigenvalue weighted by Crippen LogP contribution is -2.12. The second-order valence-corrected chi connectivity index (χ2v) is 6.33. The largest absolute Gasteiger partial charge is 0.329 e. The molecule has 0 radical (unpaired) electrons. The van der Waals surface area contributed by atoms with Gasteiger partial charge in [0.1, 0.15) is 5.82 Å². The number of nitrogens with one attached hydrogen (secondary N) is 2. The summed E-state index contributed by atoms with van der Waals surface area (Å²) in [6, 6.07) is 14.6. The highest BCUT2D eigenvalue weighted by atomic mass is 32.2. The topological polar surface area (TPSA) is 134 Å². The zero-order chi connectivity index (χ0) is 20.1. The van der Waals surface area contributed by atoms with Crippen LogP contribution in [-0.4, -0.2) is 30.7 Å². The fourth-order valence-corrected chi connectivity index (χ4v) is 2.75. The molecule has 11 heteroatoms. The molecular formula is C17H16N6O4S. The van der Waals surface area contributed by atoms with Crippen molar-refractivity contribution >= 4 is 45.8 Å². The van der Waals surface area contributed by atoms with E-state index >= 15 is 0 Å². The quantitative estimate of drug-likeness (QED) is 0.312. The van der Waals surface area contributed by atoms with Crippen LogP contribution in [-0.2, 0) is 11.3 Å². The van der Waals surface area contributed by atoms with Gasteiger partial charge in [0.15, 0.2) is 0 Å². The number of nitro benzene ring substituents is 1. The first-order valence-corrected chi connectivity index (χ1v) is 9.09. The predicted octanol–water partition coefficient (Wildman–Crippen LogP) is 3.44. The van der Waals surface area contributed by atoms with E-state index in [-0.39, 0.29) is 5.69 Å².